The molecular formula is C17H21N3O2S. The zero-order valence-corrected chi connectivity index (χ0v) is 13.7. The number of urea groups is 1. The van der Waals surface area contributed by atoms with E-state index in [1.54, 1.807) is 11.3 Å². The highest BCUT2D eigenvalue weighted by Crippen LogP contribution is 2.25. The third-order valence-corrected chi connectivity index (χ3v) is 4.82. The van der Waals surface area contributed by atoms with Crippen molar-refractivity contribution >= 4 is 23.1 Å². The lowest BCUT2D eigenvalue weighted by Gasteiger charge is -2.34. The summed E-state index contributed by atoms with van der Waals surface area (Å²) in [4.78, 5) is 15.8. The van der Waals surface area contributed by atoms with Crippen LogP contribution in [-0.4, -0.2) is 43.8 Å². The minimum Gasteiger partial charge on any atom is -0.379 e. The number of benzene rings is 1. The first-order valence-electron chi connectivity index (χ1n) is 7.78. The van der Waals surface area contributed by atoms with E-state index in [0.29, 0.717) is 6.54 Å². The van der Waals surface area contributed by atoms with Crippen molar-refractivity contribution in [1.29, 1.82) is 0 Å². The molecule has 2 heterocycles. The number of para-hydroxylation sites is 1. The fourth-order valence-electron chi connectivity index (χ4n) is 2.67. The Bertz CT molecular complexity index is 598. The first-order chi connectivity index (χ1) is 11.3. The zero-order chi connectivity index (χ0) is 15.9. The number of ether oxygens (including phenoxy) is 1. The van der Waals surface area contributed by atoms with Gasteiger partial charge in [0.2, 0.25) is 0 Å². The van der Waals surface area contributed by atoms with E-state index in [4.69, 9.17) is 4.74 Å². The molecule has 23 heavy (non-hydrogen) atoms. The molecule has 0 saturated carbocycles. The number of carbonyl (C=O) groups is 1. The molecule has 2 aromatic rings. The third kappa shape index (κ3) is 4.54. The van der Waals surface area contributed by atoms with Gasteiger partial charge in [-0.15, -0.1) is 11.3 Å². The van der Waals surface area contributed by atoms with Crippen LogP contribution in [0.4, 0.5) is 10.5 Å². The van der Waals surface area contributed by atoms with E-state index in [1.165, 1.54) is 4.88 Å². The van der Waals surface area contributed by atoms with Gasteiger partial charge in [0.25, 0.3) is 0 Å². The van der Waals surface area contributed by atoms with Crippen molar-refractivity contribution in [2.45, 2.75) is 6.04 Å². The lowest BCUT2D eigenvalue weighted by Crippen LogP contribution is -2.44. The number of nitrogens with zero attached hydrogens (tertiary/aromatic N) is 1. The van der Waals surface area contributed by atoms with E-state index in [1.807, 2.05) is 30.3 Å². The maximum atomic E-state index is 12.1. The molecule has 6 heteroatoms. The lowest BCUT2D eigenvalue weighted by molar-refractivity contribution is 0.0175. The van der Waals surface area contributed by atoms with Gasteiger partial charge < -0.3 is 15.4 Å². The Morgan fingerprint density at radius 2 is 1.96 bits per heavy atom. The van der Waals surface area contributed by atoms with E-state index < -0.39 is 0 Å². The SMILES string of the molecule is O=C(NC[C@H](c1cccs1)N1CCOCC1)Nc1ccccc1. The molecule has 1 fully saturated rings. The Morgan fingerprint density at radius 3 is 2.65 bits per heavy atom. The Kier molecular flexibility index (Phi) is 5.63. The molecule has 5 nitrogen and oxygen atoms in total. The Balaban J connectivity index is 1.59. The van der Waals surface area contributed by atoms with Crippen molar-refractivity contribution in [3.05, 3.63) is 52.7 Å². The molecule has 3 rings (SSSR count). The summed E-state index contributed by atoms with van der Waals surface area (Å²) in [6, 6.07) is 13.7. The van der Waals surface area contributed by atoms with Crippen molar-refractivity contribution in [3.63, 3.8) is 0 Å². The first-order valence-corrected chi connectivity index (χ1v) is 8.66. The number of amides is 2. The summed E-state index contributed by atoms with van der Waals surface area (Å²) in [7, 11) is 0. The molecule has 0 bridgehead atoms. The molecule has 0 unspecified atom stereocenters. The molecule has 122 valence electrons. The van der Waals surface area contributed by atoms with Crippen molar-refractivity contribution in [2.24, 2.45) is 0 Å². The van der Waals surface area contributed by atoms with Crippen molar-refractivity contribution in [3.8, 4) is 0 Å². The van der Waals surface area contributed by atoms with Gasteiger partial charge in [0.05, 0.1) is 19.3 Å². The maximum Gasteiger partial charge on any atom is 0.319 e. The summed E-state index contributed by atoms with van der Waals surface area (Å²) in [5.41, 5.74) is 0.795. The van der Waals surface area contributed by atoms with Crippen LogP contribution in [-0.2, 0) is 4.74 Å². The fraction of sp³-hybridized carbons (Fsp3) is 0.353. The van der Waals surface area contributed by atoms with Crippen LogP contribution in [0, 0.1) is 0 Å². The number of thiophene rings is 1. The first kappa shape index (κ1) is 16.0. The second-order valence-corrected chi connectivity index (χ2v) is 6.36. The van der Waals surface area contributed by atoms with Gasteiger partial charge in [0.1, 0.15) is 0 Å². The maximum absolute atomic E-state index is 12.1. The number of hydrogen-bond acceptors (Lipinski definition) is 4. The highest BCUT2D eigenvalue weighted by molar-refractivity contribution is 7.10. The summed E-state index contributed by atoms with van der Waals surface area (Å²) < 4.78 is 5.43. The van der Waals surface area contributed by atoms with Crippen molar-refractivity contribution in [1.82, 2.24) is 10.2 Å². The number of rotatable bonds is 5. The van der Waals surface area contributed by atoms with E-state index in [9.17, 15) is 4.79 Å². The monoisotopic (exact) mass is 331 g/mol. The average molecular weight is 331 g/mol. The Hall–Kier alpha value is -1.89. The molecule has 1 aromatic carbocycles. The predicted octanol–water partition coefficient (Wildman–Crippen LogP) is 2.94. The van der Waals surface area contributed by atoms with Crippen LogP contribution in [0.2, 0.25) is 0 Å². The molecule has 1 aromatic heterocycles. The van der Waals surface area contributed by atoms with Crippen LogP contribution in [0.1, 0.15) is 10.9 Å². The summed E-state index contributed by atoms with van der Waals surface area (Å²) in [6.45, 7) is 3.87. The minimum absolute atomic E-state index is 0.175. The average Bonchev–Trinajstić information content (AvgIpc) is 3.11. The quantitative estimate of drug-likeness (QED) is 0.886. The van der Waals surface area contributed by atoms with Gasteiger partial charge in [0.15, 0.2) is 0 Å². The van der Waals surface area contributed by atoms with Crippen LogP contribution in [0.15, 0.2) is 47.8 Å². The molecule has 1 aliphatic heterocycles. The van der Waals surface area contributed by atoms with E-state index in [2.05, 4.69) is 33.0 Å². The molecule has 2 N–H and O–H groups in total. The van der Waals surface area contributed by atoms with Crippen LogP contribution < -0.4 is 10.6 Å². The normalized spacial score (nSPS) is 16.7. The van der Waals surface area contributed by atoms with E-state index in [0.717, 1.165) is 32.0 Å². The second-order valence-electron chi connectivity index (χ2n) is 5.38. The van der Waals surface area contributed by atoms with Gasteiger partial charge in [-0.3, -0.25) is 4.90 Å². The lowest BCUT2D eigenvalue weighted by atomic mass is 10.2. The van der Waals surface area contributed by atoms with E-state index in [-0.39, 0.29) is 12.1 Å². The third-order valence-electron chi connectivity index (χ3n) is 3.85. The summed E-state index contributed by atoms with van der Waals surface area (Å²) in [6.07, 6.45) is 0. The molecule has 0 aliphatic carbocycles. The van der Waals surface area contributed by atoms with Crippen molar-refractivity contribution < 1.29 is 9.53 Å². The molecule has 0 spiro atoms. The Morgan fingerprint density at radius 1 is 1.17 bits per heavy atom. The van der Waals surface area contributed by atoms with E-state index >= 15 is 0 Å². The van der Waals surface area contributed by atoms with Crippen molar-refractivity contribution in [2.75, 3.05) is 38.2 Å². The number of morpholine rings is 1. The predicted molar refractivity (Wildman–Crippen MR) is 92.9 cm³/mol. The molecule has 1 aliphatic rings. The molecule has 1 saturated heterocycles. The van der Waals surface area contributed by atoms with Gasteiger partial charge in [-0.05, 0) is 23.6 Å². The number of anilines is 1. The smallest absolute Gasteiger partial charge is 0.319 e. The van der Waals surface area contributed by atoms with Crippen LogP contribution in [0.5, 0.6) is 0 Å². The summed E-state index contributed by atoms with van der Waals surface area (Å²) >= 11 is 1.73. The second kappa shape index (κ2) is 8.10. The zero-order valence-electron chi connectivity index (χ0n) is 12.9. The van der Waals surface area contributed by atoms with Gasteiger partial charge in [-0.25, -0.2) is 4.79 Å². The van der Waals surface area contributed by atoms with Gasteiger partial charge >= 0.3 is 6.03 Å². The molecule has 1 atom stereocenters. The number of nitrogens with one attached hydrogen (secondary N) is 2. The highest BCUT2D eigenvalue weighted by atomic mass is 32.1. The molecule has 0 radical (unpaired) electrons. The van der Waals surface area contributed by atoms with Gasteiger partial charge in [-0.1, -0.05) is 24.3 Å². The Labute approximate surface area is 140 Å². The highest BCUT2D eigenvalue weighted by Gasteiger charge is 2.23. The van der Waals surface area contributed by atoms with Gasteiger partial charge in [0, 0.05) is 30.2 Å². The van der Waals surface area contributed by atoms with Crippen LogP contribution in [0.3, 0.4) is 0 Å². The summed E-state index contributed by atoms with van der Waals surface area (Å²) in [5.74, 6) is 0. The summed E-state index contributed by atoms with van der Waals surface area (Å²) in [5, 5.41) is 7.92. The minimum atomic E-state index is -0.175. The van der Waals surface area contributed by atoms with Crippen LogP contribution >= 0.6 is 11.3 Å². The van der Waals surface area contributed by atoms with Gasteiger partial charge in [-0.2, -0.15) is 0 Å². The number of hydrogen-bond donors (Lipinski definition) is 2. The molecule has 2 amide bonds. The fourth-order valence-corrected chi connectivity index (χ4v) is 3.53. The van der Waals surface area contributed by atoms with Crippen LogP contribution in [0.25, 0.3) is 0 Å². The standard InChI is InChI=1S/C17H21N3O2S/c21-17(19-14-5-2-1-3-6-14)18-13-15(16-7-4-12-23-16)20-8-10-22-11-9-20/h1-7,12,15H,8-11,13H2,(H2,18,19,21)/t15-/m1/s1. The number of carbonyl (C=O) groups excluding carboxylic acids is 1. The topological polar surface area (TPSA) is 53.6 Å². The molecular weight excluding hydrogens is 310 g/mol. The largest absolute Gasteiger partial charge is 0.379 e.